The molecule has 1 aliphatic heterocycles. The van der Waals surface area contributed by atoms with E-state index in [4.69, 9.17) is 4.74 Å². The molecule has 0 unspecified atom stereocenters. The van der Waals surface area contributed by atoms with E-state index in [1.165, 1.54) is 16.7 Å². The molecule has 1 aliphatic rings. The molecule has 0 bridgehead atoms. The summed E-state index contributed by atoms with van der Waals surface area (Å²) in [6, 6.07) is 8.65. The molecule has 3 rings (SSSR count). The maximum Gasteiger partial charge on any atom is 0.127 e. The number of hydrogen-bond acceptors (Lipinski definition) is 3. The van der Waals surface area contributed by atoms with Crippen LogP contribution in [0.5, 0.6) is 5.75 Å². The maximum absolute atomic E-state index is 5.75. The number of halogens is 1. The molecule has 1 atom stereocenters. The normalized spacial score (nSPS) is 14.7. The van der Waals surface area contributed by atoms with Gasteiger partial charge in [0.1, 0.15) is 5.75 Å². The van der Waals surface area contributed by atoms with Crippen molar-refractivity contribution in [2.75, 3.05) is 6.61 Å². The van der Waals surface area contributed by atoms with E-state index in [1.807, 2.05) is 24.5 Å². The van der Waals surface area contributed by atoms with Crippen LogP contribution in [-0.2, 0) is 13.0 Å². The Labute approximate surface area is 127 Å². The van der Waals surface area contributed by atoms with Crippen LogP contribution >= 0.6 is 15.9 Å². The van der Waals surface area contributed by atoms with Crippen molar-refractivity contribution in [3.8, 4) is 5.75 Å². The molecule has 2 aromatic rings. The second-order valence-electron chi connectivity index (χ2n) is 5.03. The minimum absolute atomic E-state index is 0.286. The van der Waals surface area contributed by atoms with Gasteiger partial charge in [-0.15, -0.1) is 0 Å². The topological polar surface area (TPSA) is 34.1 Å². The molecule has 0 amide bonds. The van der Waals surface area contributed by atoms with Gasteiger partial charge in [0.15, 0.2) is 0 Å². The first-order valence-corrected chi connectivity index (χ1v) is 7.61. The zero-order valence-corrected chi connectivity index (χ0v) is 13.0. The van der Waals surface area contributed by atoms with Gasteiger partial charge in [-0.1, -0.05) is 15.9 Å². The van der Waals surface area contributed by atoms with Crippen LogP contribution in [0.3, 0.4) is 0 Å². The summed E-state index contributed by atoms with van der Waals surface area (Å²) in [7, 11) is 0. The molecule has 104 valence electrons. The third kappa shape index (κ3) is 2.86. The molecule has 1 N–H and O–H groups in total. The number of pyridine rings is 1. The number of nitrogens with one attached hydrogen (secondary N) is 1. The van der Waals surface area contributed by atoms with Crippen LogP contribution in [-0.4, -0.2) is 11.6 Å². The highest BCUT2D eigenvalue weighted by Crippen LogP contribution is 2.33. The van der Waals surface area contributed by atoms with E-state index in [0.717, 1.165) is 29.8 Å². The molecule has 0 spiro atoms. The summed E-state index contributed by atoms with van der Waals surface area (Å²) in [6.45, 7) is 3.75. The summed E-state index contributed by atoms with van der Waals surface area (Å²) in [5, 5.41) is 3.54. The van der Waals surface area contributed by atoms with Crippen molar-refractivity contribution in [2.45, 2.75) is 25.9 Å². The van der Waals surface area contributed by atoms with Crippen LogP contribution in [0.2, 0.25) is 0 Å². The van der Waals surface area contributed by atoms with E-state index in [1.54, 1.807) is 0 Å². The predicted octanol–water partition coefficient (Wildman–Crippen LogP) is 3.63. The van der Waals surface area contributed by atoms with E-state index in [9.17, 15) is 0 Å². The van der Waals surface area contributed by atoms with Crippen molar-refractivity contribution < 1.29 is 4.74 Å². The molecule has 20 heavy (non-hydrogen) atoms. The zero-order valence-electron chi connectivity index (χ0n) is 11.4. The fourth-order valence-electron chi connectivity index (χ4n) is 2.51. The van der Waals surface area contributed by atoms with Crippen molar-refractivity contribution in [1.82, 2.24) is 10.3 Å². The van der Waals surface area contributed by atoms with Crippen LogP contribution in [0.4, 0.5) is 0 Å². The Kier molecular flexibility index (Phi) is 4.03. The Morgan fingerprint density at radius 2 is 2.15 bits per heavy atom. The smallest absolute Gasteiger partial charge is 0.127 e. The second kappa shape index (κ2) is 5.94. The van der Waals surface area contributed by atoms with E-state index < -0.39 is 0 Å². The highest BCUT2D eigenvalue weighted by atomic mass is 79.9. The highest BCUT2D eigenvalue weighted by Gasteiger charge is 2.17. The first-order valence-electron chi connectivity index (χ1n) is 6.81. The maximum atomic E-state index is 5.75. The van der Waals surface area contributed by atoms with Crippen molar-refractivity contribution in [3.63, 3.8) is 0 Å². The van der Waals surface area contributed by atoms with Gasteiger partial charge in [0.2, 0.25) is 0 Å². The summed E-state index contributed by atoms with van der Waals surface area (Å²) >= 11 is 3.58. The molecule has 1 aromatic heterocycles. The molecule has 2 heterocycles. The lowest BCUT2D eigenvalue weighted by molar-refractivity contribution is 0.351. The second-order valence-corrected chi connectivity index (χ2v) is 5.95. The first kappa shape index (κ1) is 13.6. The number of hydrogen-bond donors (Lipinski definition) is 1. The zero-order chi connectivity index (χ0) is 13.9. The number of ether oxygens (including phenoxy) is 1. The summed E-state index contributed by atoms with van der Waals surface area (Å²) in [6.07, 6.45) is 4.66. The molecular formula is C16H17BrN2O. The minimum atomic E-state index is 0.286. The average Bonchev–Trinajstić information content (AvgIpc) is 2.93. The predicted molar refractivity (Wildman–Crippen MR) is 82.8 cm³/mol. The number of benzene rings is 1. The van der Waals surface area contributed by atoms with Gasteiger partial charge < -0.3 is 10.1 Å². The Hall–Kier alpha value is -1.39. The van der Waals surface area contributed by atoms with Gasteiger partial charge in [-0.2, -0.15) is 0 Å². The number of rotatable bonds is 4. The first-order chi connectivity index (χ1) is 9.74. The van der Waals surface area contributed by atoms with E-state index in [0.29, 0.717) is 0 Å². The van der Waals surface area contributed by atoms with Gasteiger partial charge in [0, 0.05) is 41.4 Å². The fourth-order valence-corrected chi connectivity index (χ4v) is 3.06. The van der Waals surface area contributed by atoms with Crippen LogP contribution in [0.15, 0.2) is 41.1 Å². The van der Waals surface area contributed by atoms with Crippen LogP contribution < -0.4 is 10.1 Å². The SMILES string of the molecule is C[C@H](NCc1cc(Br)cc2c1OCC2)c1ccncc1. The number of fused-ring (bicyclic) bond motifs is 1. The van der Waals surface area contributed by atoms with Gasteiger partial charge in [0.05, 0.1) is 6.61 Å². The van der Waals surface area contributed by atoms with Gasteiger partial charge in [-0.05, 0) is 42.3 Å². The van der Waals surface area contributed by atoms with Gasteiger partial charge in [-0.3, -0.25) is 4.98 Å². The molecule has 0 radical (unpaired) electrons. The van der Waals surface area contributed by atoms with Crippen molar-refractivity contribution in [3.05, 3.63) is 57.8 Å². The lowest BCUT2D eigenvalue weighted by Gasteiger charge is -2.16. The van der Waals surface area contributed by atoms with Gasteiger partial charge >= 0.3 is 0 Å². The van der Waals surface area contributed by atoms with Crippen molar-refractivity contribution >= 4 is 15.9 Å². The summed E-state index contributed by atoms with van der Waals surface area (Å²) in [4.78, 5) is 4.05. The average molecular weight is 333 g/mol. The molecule has 1 aromatic carbocycles. The molecular weight excluding hydrogens is 316 g/mol. The quantitative estimate of drug-likeness (QED) is 0.928. The van der Waals surface area contributed by atoms with Crippen LogP contribution in [0.1, 0.15) is 29.7 Å². The summed E-state index contributed by atoms with van der Waals surface area (Å²) in [5.41, 5.74) is 3.76. The van der Waals surface area contributed by atoms with Crippen LogP contribution in [0, 0.1) is 0 Å². The minimum Gasteiger partial charge on any atom is -0.493 e. The van der Waals surface area contributed by atoms with E-state index in [-0.39, 0.29) is 6.04 Å². The van der Waals surface area contributed by atoms with Gasteiger partial charge in [-0.25, -0.2) is 0 Å². The van der Waals surface area contributed by atoms with E-state index in [2.05, 4.69) is 45.3 Å². The molecule has 0 fully saturated rings. The lowest BCUT2D eigenvalue weighted by atomic mass is 10.1. The van der Waals surface area contributed by atoms with Gasteiger partial charge in [0.25, 0.3) is 0 Å². The summed E-state index contributed by atoms with van der Waals surface area (Å²) < 4.78 is 6.87. The Morgan fingerprint density at radius 3 is 2.95 bits per heavy atom. The third-order valence-corrected chi connectivity index (χ3v) is 4.09. The number of nitrogens with zero attached hydrogens (tertiary/aromatic N) is 1. The highest BCUT2D eigenvalue weighted by molar-refractivity contribution is 9.10. The van der Waals surface area contributed by atoms with Crippen molar-refractivity contribution in [2.24, 2.45) is 0 Å². The standard InChI is InChI=1S/C16H17BrN2O/c1-11(12-2-5-18-6-3-12)19-10-14-9-15(17)8-13-4-7-20-16(13)14/h2-3,5-6,8-9,11,19H,4,7,10H2,1H3/t11-/m0/s1. The van der Waals surface area contributed by atoms with E-state index >= 15 is 0 Å². The Balaban J connectivity index is 1.73. The third-order valence-electron chi connectivity index (χ3n) is 3.63. The largest absolute Gasteiger partial charge is 0.493 e. The van der Waals surface area contributed by atoms with Crippen LogP contribution in [0.25, 0.3) is 0 Å². The monoisotopic (exact) mass is 332 g/mol. The molecule has 3 nitrogen and oxygen atoms in total. The fraction of sp³-hybridized carbons (Fsp3) is 0.312. The molecule has 0 aliphatic carbocycles. The molecule has 0 saturated carbocycles. The Bertz CT molecular complexity index is 601. The summed E-state index contributed by atoms with van der Waals surface area (Å²) in [5.74, 6) is 1.06. The Morgan fingerprint density at radius 1 is 1.35 bits per heavy atom. The number of aromatic nitrogens is 1. The molecule has 4 heteroatoms. The van der Waals surface area contributed by atoms with Crippen molar-refractivity contribution in [1.29, 1.82) is 0 Å². The lowest BCUT2D eigenvalue weighted by Crippen LogP contribution is -2.18. The molecule has 0 saturated heterocycles.